The second-order valence-corrected chi connectivity index (χ2v) is 8.72. The standard InChI is InChI=1S/C30H25N3O/c34-29(23-13-5-2-6-14-23)31-30-32(20-22-11-3-1-4-12-22)21-28-26-17-9-7-15-24(26)19-25-16-8-10-18-27(25)33(28)30/h1-18,21,30H,19-20H2,(H,31,34). The van der Waals surface area contributed by atoms with E-state index in [9.17, 15) is 4.79 Å². The van der Waals surface area contributed by atoms with Gasteiger partial charge in [-0.15, -0.1) is 0 Å². The molecule has 4 nitrogen and oxygen atoms in total. The summed E-state index contributed by atoms with van der Waals surface area (Å²) >= 11 is 0. The van der Waals surface area contributed by atoms with Gasteiger partial charge in [-0.05, 0) is 34.9 Å². The summed E-state index contributed by atoms with van der Waals surface area (Å²) in [7, 11) is 0. The number of rotatable bonds is 4. The molecule has 4 aromatic carbocycles. The average molecular weight is 444 g/mol. The fourth-order valence-corrected chi connectivity index (χ4v) is 4.92. The molecule has 0 saturated heterocycles. The van der Waals surface area contributed by atoms with Crippen molar-refractivity contribution in [3.05, 3.63) is 143 Å². The second kappa shape index (κ2) is 8.56. The first kappa shape index (κ1) is 20.3. The topological polar surface area (TPSA) is 35.6 Å². The first-order valence-corrected chi connectivity index (χ1v) is 11.6. The van der Waals surface area contributed by atoms with Gasteiger partial charge in [0.1, 0.15) is 0 Å². The molecule has 2 aliphatic heterocycles. The van der Waals surface area contributed by atoms with Gasteiger partial charge in [0.05, 0.1) is 5.70 Å². The summed E-state index contributed by atoms with van der Waals surface area (Å²) in [6.45, 7) is 0.685. The molecule has 0 saturated carbocycles. The number of carbonyl (C=O) groups excluding carboxylic acids is 1. The van der Waals surface area contributed by atoms with Crippen LogP contribution >= 0.6 is 0 Å². The largest absolute Gasteiger partial charge is 0.334 e. The Bertz CT molecular complexity index is 1360. The van der Waals surface area contributed by atoms with Gasteiger partial charge in [-0.1, -0.05) is 91.0 Å². The number of nitrogens with zero attached hydrogens (tertiary/aromatic N) is 2. The molecule has 0 fully saturated rings. The van der Waals surface area contributed by atoms with Crippen LogP contribution in [0.1, 0.15) is 32.6 Å². The van der Waals surface area contributed by atoms with Crippen molar-refractivity contribution in [1.82, 2.24) is 10.2 Å². The molecular formula is C30H25N3O. The van der Waals surface area contributed by atoms with Crippen LogP contribution in [0.25, 0.3) is 5.70 Å². The highest BCUT2D eigenvalue weighted by Crippen LogP contribution is 2.42. The summed E-state index contributed by atoms with van der Waals surface area (Å²) in [5.74, 6) is -0.0895. The Kier molecular flexibility index (Phi) is 5.11. The first-order chi connectivity index (χ1) is 16.8. The third-order valence-corrected chi connectivity index (χ3v) is 6.54. The molecule has 6 rings (SSSR count). The van der Waals surface area contributed by atoms with E-state index in [2.05, 4.69) is 94.1 Å². The van der Waals surface area contributed by atoms with E-state index in [1.54, 1.807) is 0 Å². The van der Waals surface area contributed by atoms with Gasteiger partial charge in [-0.2, -0.15) is 0 Å². The number of hydrogen-bond donors (Lipinski definition) is 1. The van der Waals surface area contributed by atoms with Crippen LogP contribution < -0.4 is 10.2 Å². The fraction of sp³-hybridized carbons (Fsp3) is 0.100. The Morgan fingerprint density at radius 2 is 1.41 bits per heavy atom. The molecule has 166 valence electrons. The van der Waals surface area contributed by atoms with Crippen molar-refractivity contribution in [2.24, 2.45) is 0 Å². The Hall–Kier alpha value is -4.31. The molecule has 4 aromatic rings. The molecular weight excluding hydrogens is 418 g/mol. The Labute approximate surface area is 199 Å². The minimum Gasteiger partial charge on any atom is -0.334 e. The Morgan fingerprint density at radius 3 is 2.21 bits per heavy atom. The van der Waals surface area contributed by atoms with Crippen LogP contribution in [-0.2, 0) is 13.0 Å². The summed E-state index contributed by atoms with van der Waals surface area (Å²) in [6.07, 6.45) is 2.71. The number of hydrogen-bond acceptors (Lipinski definition) is 3. The highest BCUT2D eigenvalue weighted by molar-refractivity contribution is 5.95. The van der Waals surface area contributed by atoms with Crippen molar-refractivity contribution >= 4 is 17.3 Å². The molecule has 0 aliphatic carbocycles. The van der Waals surface area contributed by atoms with Crippen molar-refractivity contribution in [2.45, 2.75) is 19.3 Å². The van der Waals surface area contributed by atoms with Crippen molar-refractivity contribution in [1.29, 1.82) is 0 Å². The van der Waals surface area contributed by atoms with Crippen molar-refractivity contribution in [3.8, 4) is 0 Å². The highest BCUT2D eigenvalue weighted by Gasteiger charge is 2.38. The van der Waals surface area contributed by atoms with Crippen molar-refractivity contribution < 1.29 is 4.79 Å². The van der Waals surface area contributed by atoms with Crippen LogP contribution in [0.5, 0.6) is 0 Å². The predicted molar refractivity (Wildman–Crippen MR) is 136 cm³/mol. The summed E-state index contributed by atoms with van der Waals surface area (Å²) in [5, 5.41) is 3.33. The first-order valence-electron chi connectivity index (χ1n) is 11.6. The number of carbonyl (C=O) groups is 1. The third kappa shape index (κ3) is 3.63. The number of amides is 1. The van der Waals surface area contributed by atoms with Crippen molar-refractivity contribution in [3.63, 3.8) is 0 Å². The normalized spacial score (nSPS) is 16.1. The summed E-state index contributed by atoms with van der Waals surface area (Å²) < 4.78 is 0. The SMILES string of the molecule is O=C(NC1N(Cc2ccccc2)C=C2c3ccccc3Cc3ccccc3N21)c1ccccc1. The molecule has 34 heavy (non-hydrogen) atoms. The van der Waals surface area contributed by atoms with Gasteiger partial charge in [0, 0.05) is 36.0 Å². The number of benzene rings is 4. The lowest BCUT2D eigenvalue weighted by molar-refractivity contribution is 0.0895. The molecule has 0 aromatic heterocycles. The van der Waals surface area contributed by atoms with Crippen LogP contribution in [0.3, 0.4) is 0 Å². The minimum absolute atomic E-state index is 0.0895. The monoisotopic (exact) mass is 443 g/mol. The zero-order chi connectivity index (χ0) is 22.9. The van der Waals surface area contributed by atoms with Gasteiger partial charge in [0.15, 0.2) is 6.29 Å². The molecule has 0 bridgehead atoms. The zero-order valence-corrected chi connectivity index (χ0v) is 18.8. The van der Waals surface area contributed by atoms with E-state index >= 15 is 0 Å². The van der Waals surface area contributed by atoms with Gasteiger partial charge in [-0.25, -0.2) is 0 Å². The van der Waals surface area contributed by atoms with Crippen LogP contribution in [0.15, 0.2) is 115 Å². The summed E-state index contributed by atoms with van der Waals surface area (Å²) in [5.41, 5.74) is 7.82. The molecule has 1 N–H and O–H groups in total. The number of anilines is 1. The number of nitrogens with one attached hydrogen (secondary N) is 1. The summed E-state index contributed by atoms with van der Waals surface area (Å²) in [6, 6.07) is 36.9. The van der Waals surface area contributed by atoms with Crippen LogP contribution in [0.4, 0.5) is 5.69 Å². The lowest BCUT2D eigenvalue weighted by Gasteiger charge is -2.35. The molecule has 1 amide bonds. The molecule has 1 unspecified atom stereocenters. The van der Waals surface area contributed by atoms with E-state index < -0.39 is 0 Å². The Balaban J connectivity index is 1.47. The minimum atomic E-state index is -0.352. The smallest absolute Gasteiger partial charge is 0.254 e. The van der Waals surface area contributed by atoms with Gasteiger partial charge in [-0.3, -0.25) is 4.79 Å². The van der Waals surface area contributed by atoms with E-state index in [4.69, 9.17) is 0 Å². The van der Waals surface area contributed by atoms with E-state index in [1.807, 2.05) is 36.4 Å². The predicted octanol–water partition coefficient (Wildman–Crippen LogP) is 5.63. The van der Waals surface area contributed by atoms with Crippen molar-refractivity contribution in [2.75, 3.05) is 4.90 Å². The molecule has 0 radical (unpaired) electrons. The fourth-order valence-electron chi connectivity index (χ4n) is 4.92. The van der Waals surface area contributed by atoms with Gasteiger partial charge < -0.3 is 15.1 Å². The number of fused-ring (bicyclic) bond motifs is 5. The molecule has 1 atom stereocenters. The maximum Gasteiger partial charge on any atom is 0.254 e. The lowest BCUT2D eigenvalue weighted by atomic mass is 10.00. The average Bonchev–Trinajstić information content (AvgIpc) is 3.15. The maximum absolute atomic E-state index is 13.3. The lowest BCUT2D eigenvalue weighted by Crippen LogP contribution is -2.52. The molecule has 2 heterocycles. The second-order valence-electron chi connectivity index (χ2n) is 8.72. The maximum atomic E-state index is 13.3. The quantitative estimate of drug-likeness (QED) is 0.444. The van der Waals surface area contributed by atoms with Gasteiger partial charge >= 0.3 is 0 Å². The van der Waals surface area contributed by atoms with Crippen LogP contribution in [-0.4, -0.2) is 17.1 Å². The molecule has 4 heteroatoms. The third-order valence-electron chi connectivity index (χ3n) is 6.54. The Morgan fingerprint density at radius 1 is 0.765 bits per heavy atom. The summed E-state index contributed by atoms with van der Waals surface area (Å²) in [4.78, 5) is 17.8. The van der Waals surface area contributed by atoms with E-state index in [0.29, 0.717) is 12.1 Å². The van der Waals surface area contributed by atoms with Crippen LogP contribution in [0.2, 0.25) is 0 Å². The zero-order valence-electron chi connectivity index (χ0n) is 18.8. The molecule has 0 spiro atoms. The van der Waals surface area contributed by atoms with E-state index in [0.717, 1.165) is 17.8 Å². The highest BCUT2D eigenvalue weighted by atomic mass is 16.2. The molecule has 2 aliphatic rings. The van der Waals surface area contributed by atoms with Gasteiger partial charge in [0.2, 0.25) is 0 Å². The number of para-hydroxylation sites is 1. The van der Waals surface area contributed by atoms with Gasteiger partial charge in [0.25, 0.3) is 5.91 Å². The van der Waals surface area contributed by atoms with Crippen LogP contribution in [0, 0.1) is 0 Å². The van der Waals surface area contributed by atoms with E-state index in [-0.39, 0.29) is 12.2 Å². The van der Waals surface area contributed by atoms with E-state index in [1.165, 1.54) is 22.3 Å².